The quantitative estimate of drug-likeness (QED) is 0.264. The average Bonchev–Trinajstić information content (AvgIpc) is 2.96. The summed E-state index contributed by atoms with van der Waals surface area (Å²) in [5.41, 5.74) is 0.821. The molecular formula is C13H8Br2ClNO3S. The second-order valence-electron chi connectivity index (χ2n) is 4.15. The lowest BCUT2D eigenvalue weighted by molar-refractivity contribution is -0.384. The highest BCUT2D eigenvalue weighted by atomic mass is 79.9. The molecule has 2 aromatic rings. The van der Waals surface area contributed by atoms with E-state index in [0.717, 1.165) is 16.9 Å². The number of hydrogen-bond acceptors (Lipinski definition) is 4. The number of Topliss-reactive ketones (excluding diaryl/α,β-unsaturated/α-hetero) is 1. The standard InChI is InChI=1S/C13H8Br2ClNO3S/c14-11(7-1-3-8(16)4-2-7)12(15)13(18)10-5-9(6-21-10)17(19)20/h1-6,11-12H/t11-,12-/m1/s1. The molecule has 0 amide bonds. The van der Waals surface area contributed by atoms with Gasteiger partial charge in [-0.15, -0.1) is 11.3 Å². The minimum atomic E-state index is -0.531. The smallest absolute Gasteiger partial charge is 0.280 e. The van der Waals surface area contributed by atoms with Gasteiger partial charge in [0.25, 0.3) is 5.69 Å². The molecule has 0 bridgehead atoms. The Morgan fingerprint density at radius 2 is 1.90 bits per heavy atom. The molecule has 0 saturated heterocycles. The highest BCUT2D eigenvalue weighted by Crippen LogP contribution is 2.35. The van der Waals surface area contributed by atoms with E-state index in [1.807, 2.05) is 12.1 Å². The number of alkyl halides is 2. The van der Waals surface area contributed by atoms with Gasteiger partial charge >= 0.3 is 0 Å². The summed E-state index contributed by atoms with van der Waals surface area (Å²) in [6, 6.07) is 8.42. The van der Waals surface area contributed by atoms with E-state index >= 15 is 0 Å². The lowest BCUT2D eigenvalue weighted by atomic mass is 10.1. The lowest BCUT2D eigenvalue weighted by Crippen LogP contribution is -2.18. The molecule has 0 spiro atoms. The van der Waals surface area contributed by atoms with Crippen LogP contribution in [0.3, 0.4) is 0 Å². The third-order valence-corrected chi connectivity index (χ3v) is 6.63. The van der Waals surface area contributed by atoms with Crippen LogP contribution in [0.1, 0.15) is 20.1 Å². The number of carbonyl (C=O) groups excluding carboxylic acids is 1. The number of hydrogen-bond donors (Lipinski definition) is 0. The van der Waals surface area contributed by atoms with Gasteiger partial charge in [-0.25, -0.2) is 0 Å². The van der Waals surface area contributed by atoms with Crippen molar-refractivity contribution in [2.75, 3.05) is 0 Å². The molecule has 0 fully saturated rings. The topological polar surface area (TPSA) is 60.2 Å². The Kier molecular flexibility index (Phi) is 5.54. The maximum absolute atomic E-state index is 12.3. The van der Waals surface area contributed by atoms with E-state index in [0.29, 0.717) is 9.90 Å². The first-order valence-corrected chi connectivity index (χ1v) is 8.80. The molecule has 8 heteroatoms. The Labute approximate surface area is 146 Å². The Morgan fingerprint density at radius 3 is 2.43 bits per heavy atom. The van der Waals surface area contributed by atoms with E-state index in [4.69, 9.17) is 11.6 Å². The summed E-state index contributed by atoms with van der Waals surface area (Å²) in [6.07, 6.45) is 0. The van der Waals surface area contributed by atoms with Crippen LogP contribution in [0.25, 0.3) is 0 Å². The predicted octanol–water partition coefficient (Wildman–Crippen LogP) is 5.39. The number of halogens is 3. The van der Waals surface area contributed by atoms with Crippen LogP contribution in [0.5, 0.6) is 0 Å². The Balaban J connectivity index is 2.17. The van der Waals surface area contributed by atoms with Gasteiger partial charge in [0.1, 0.15) is 0 Å². The molecular weight excluding hydrogens is 445 g/mol. The van der Waals surface area contributed by atoms with Gasteiger partial charge in [-0.05, 0) is 17.7 Å². The normalized spacial score (nSPS) is 13.7. The largest absolute Gasteiger partial charge is 0.292 e. The number of nitro groups is 1. The molecule has 1 aromatic heterocycles. The molecule has 2 atom stereocenters. The summed E-state index contributed by atoms with van der Waals surface area (Å²) < 4.78 is 0. The fourth-order valence-electron chi connectivity index (χ4n) is 1.64. The van der Waals surface area contributed by atoms with Crippen molar-refractivity contribution in [3.05, 3.63) is 61.3 Å². The fraction of sp³-hybridized carbons (Fsp3) is 0.154. The number of ketones is 1. The van der Waals surface area contributed by atoms with Crippen molar-refractivity contribution in [3.63, 3.8) is 0 Å². The van der Waals surface area contributed by atoms with Gasteiger partial charge in [-0.1, -0.05) is 55.6 Å². The van der Waals surface area contributed by atoms with Crippen molar-refractivity contribution in [2.24, 2.45) is 0 Å². The molecule has 0 aliphatic carbocycles. The van der Waals surface area contributed by atoms with Gasteiger partial charge in [0.05, 0.1) is 24.8 Å². The minimum Gasteiger partial charge on any atom is -0.292 e. The number of rotatable bonds is 5. The van der Waals surface area contributed by atoms with Gasteiger partial charge in [-0.2, -0.15) is 0 Å². The molecule has 0 saturated carbocycles. The highest BCUT2D eigenvalue weighted by molar-refractivity contribution is 9.12. The zero-order valence-electron chi connectivity index (χ0n) is 10.3. The van der Waals surface area contributed by atoms with Crippen LogP contribution in [0.4, 0.5) is 5.69 Å². The number of benzene rings is 1. The molecule has 110 valence electrons. The van der Waals surface area contributed by atoms with Crippen molar-refractivity contribution >= 4 is 66.3 Å². The van der Waals surface area contributed by atoms with Crippen LogP contribution in [-0.4, -0.2) is 15.5 Å². The first-order chi connectivity index (χ1) is 9.90. The average molecular weight is 454 g/mol. The monoisotopic (exact) mass is 451 g/mol. The minimum absolute atomic E-state index is 0.0688. The van der Waals surface area contributed by atoms with Crippen molar-refractivity contribution in [1.29, 1.82) is 0 Å². The summed E-state index contributed by atoms with van der Waals surface area (Å²) >= 11 is 13.7. The van der Waals surface area contributed by atoms with Crippen molar-refractivity contribution in [3.8, 4) is 0 Å². The molecule has 4 nitrogen and oxygen atoms in total. The zero-order chi connectivity index (χ0) is 15.6. The van der Waals surface area contributed by atoms with Gasteiger partial charge in [0.15, 0.2) is 5.78 Å². The molecule has 21 heavy (non-hydrogen) atoms. The molecule has 0 radical (unpaired) electrons. The second kappa shape index (κ2) is 7.00. The van der Waals surface area contributed by atoms with Crippen LogP contribution in [-0.2, 0) is 0 Å². The Morgan fingerprint density at radius 1 is 1.29 bits per heavy atom. The van der Waals surface area contributed by atoms with Crippen LogP contribution in [0.15, 0.2) is 35.7 Å². The van der Waals surface area contributed by atoms with Crippen molar-refractivity contribution in [1.82, 2.24) is 0 Å². The van der Waals surface area contributed by atoms with E-state index in [2.05, 4.69) is 31.9 Å². The fourth-order valence-corrected chi connectivity index (χ4v) is 3.84. The molecule has 0 unspecified atom stereocenters. The summed E-state index contributed by atoms with van der Waals surface area (Å²) in [5, 5.41) is 12.6. The summed E-state index contributed by atoms with van der Waals surface area (Å²) in [7, 11) is 0. The van der Waals surface area contributed by atoms with Crippen molar-refractivity contribution < 1.29 is 9.72 Å². The highest BCUT2D eigenvalue weighted by Gasteiger charge is 2.28. The molecule has 1 aromatic carbocycles. The molecule has 0 N–H and O–H groups in total. The number of carbonyl (C=O) groups is 1. The summed E-state index contributed by atoms with van der Waals surface area (Å²) in [6.45, 7) is 0. The summed E-state index contributed by atoms with van der Waals surface area (Å²) in [5.74, 6) is -0.204. The summed E-state index contributed by atoms with van der Waals surface area (Å²) in [4.78, 5) is 22.1. The lowest BCUT2D eigenvalue weighted by Gasteiger charge is -2.15. The third-order valence-electron chi connectivity index (χ3n) is 2.74. The zero-order valence-corrected chi connectivity index (χ0v) is 15.1. The Hall–Kier alpha value is -0.760. The Bertz CT molecular complexity index is 674. The van der Waals surface area contributed by atoms with Crippen LogP contribution in [0, 0.1) is 10.1 Å². The third kappa shape index (κ3) is 3.91. The maximum Gasteiger partial charge on any atom is 0.280 e. The SMILES string of the molecule is O=C(c1cc([N+](=O)[O-])cs1)[C@H](Br)[C@H](Br)c1ccc(Cl)cc1. The van der Waals surface area contributed by atoms with Crippen LogP contribution >= 0.6 is 54.8 Å². The number of nitrogens with zero attached hydrogens (tertiary/aromatic N) is 1. The van der Waals surface area contributed by atoms with Crippen molar-refractivity contribution in [2.45, 2.75) is 9.65 Å². The van der Waals surface area contributed by atoms with Gasteiger partial charge in [-0.3, -0.25) is 14.9 Å². The first kappa shape index (κ1) is 16.6. The van der Waals surface area contributed by atoms with Crippen LogP contribution in [0.2, 0.25) is 5.02 Å². The molecule has 1 heterocycles. The van der Waals surface area contributed by atoms with E-state index in [1.165, 1.54) is 11.4 Å². The van der Waals surface area contributed by atoms with Crippen LogP contribution < -0.4 is 0 Å². The number of thiophene rings is 1. The molecule has 0 aliphatic rings. The molecule has 0 aliphatic heterocycles. The predicted molar refractivity (Wildman–Crippen MR) is 91.1 cm³/mol. The molecule has 2 rings (SSSR count). The van der Waals surface area contributed by atoms with Gasteiger partial charge in [0, 0.05) is 11.1 Å². The van der Waals surface area contributed by atoms with E-state index in [9.17, 15) is 14.9 Å². The van der Waals surface area contributed by atoms with E-state index in [1.54, 1.807) is 12.1 Å². The first-order valence-electron chi connectivity index (χ1n) is 5.71. The van der Waals surface area contributed by atoms with Gasteiger partial charge in [0.2, 0.25) is 0 Å². The van der Waals surface area contributed by atoms with E-state index < -0.39 is 9.75 Å². The maximum atomic E-state index is 12.3. The van der Waals surface area contributed by atoms with E-state index in [-0.39, 0.29) is 16.3 Å². The second-order valence-corrected chi connectivity index (χ2v) is 7.47. The van der Waals surface area contributed by atoms with Gasteiger partial charge < -0.3 is 0 Å².